The van der Waals surface area contributed by atoms with Crippen LogP contribution in [0.25, 0.3) is 0 Å². The first-order chi connectivity index (χ1) is 16.2. The van der Waals surface area contributed by atoms with Crippen molar-refractivity contribution >= 4 is 11.9 Å². The van der Waals surface area contributed by atoms with Crippen LogP contribution in [0.2, 0.25) is 0 Å². The molecule has 0 unspecified atom stereocenters. The van der Waals surface area contributed by atoms with Gasteiger partial charge in [-0.15, -0.1) is 0 Å². The highest BCUT2D eigenvalue weighted by Crippen LogP contribution is 2.27. The largest absolute Gasteiger partial charge is 0.452 e. The van der Waals surface area contributed by atoms with Crippen LogP contribution < -0.4 is 5.32 Å². The molecule has 1 amide bonds. The molecule has 7 heteroatoms. The molecule has 4 rings (SSSR count). The first-order valence-electron chi connectivity index (χ1n) is 10.8. The van der Waals surface area contributed by atoms with E-state index in [0.717, 1.165) is 6.42 Å². The summed E-state index contributed by atoms with van der Waals surface area (Å²) in [5.41, 5.74) is 2.38. The van der Waals surface area contributed by atoms with Gasteiger partial charge in [0.1, 0.15) is 5.76 Å². The topological polar surface area (TPSA) is 86.4 Å². The summed E-state index contributed by atoms with van der Waals surface area (Å²) in [6, 6.07) is 25.4. The Kier molecular flexibility index (Phi) is 7.33. The minimum atomic E-state index is -0.677. The maximum absolute atomic E-state index is 12.2. The van der Waals surface area contributed by atoms with E-state index in [9.17, 15) is 9.59 Å². The van der Waals surface area contributed by atoms with Crippen LogP contribution in [0.3, 0.4) is 0 Å². The van der Waals surface area contributed by atoms with E-state index < -0.39 is 5.97 Å². The average Bonchev–Trinajstić information content (AvgIpc) is 3.54. The number of esters is 1. The number of hydrogen-bond donors (Lipinski definition) is 1. The van der Waals surface area contributed by atoms with Crippen LogP contribution in [0.1, 0.15) is 39.8 Å². The van der Waals surface area contributed by atoms with Crippen molar-refractivity contribution in [2.45, 2.75) is 18.9 Å². The summed E-state index contributed by atoms with van der Waals surface area (Å²) in [6.45, 7) is 0.500. The Morgan fingerprint density at radius 3 is 2.27 bits per heavy atom. The molecular formula is C26H25N3O4. The van der Waals surface area contributed by atoms with Crippen molar-refractivity contribution in [2.75, 3.05) is 13.2 Å². The lowest BCUT2D eigenvalue weighted by atomic mass is 9.88. The molecule has 168 valence electrons. The third-order valence-corrected chi connectivity index (χ3v) is 5.23. The molecule has 0 atom stereocenters. The zero-order valence-corrected chi connectivity index (χ0v) is 18.1. The highest BCUT2D eigenvalue weighted by molar-refractivity contribution is 5.88. The molecule has 0 saturated heterocycles. The summed E-state index contributed by atoms with van der Waals surface area (Å²) in [4.78, 5) is 24.4. The number of ether oxygens (including phenoxy) is 1. The zero-order chi connectivity index (χ0) is 22.9. The summed E-state index contributed by atoms with van der Waals surface area (Å²) < 4.78 is 12.3. The number of hydrogen-bond acceptors (Lipinski definition) is 5. The minimum Gasteiger partial charge on any atom is -0.452 e. The molecule has 2 aromatic heterocycles. The molecule has 0 aliphatic rings. The van der Waals surface area contributed by atoms with Crippen LogP contribution >= 0.6 is 0 Å². The van der Waals surface area contributed by atoms with Gasteiger partial charge in [0.15, 0.2) is 6.61 Å². The van der Waals surface area contributed by atoms with Crippen LogP contribution in [0.15, 0.2) is 95.7 Å². The van der Waals surface area contributed by atoms with Gasteiger partial charge in [-0.25, -0.2) is 4.79 Å². The first-order valence-corrected chi connectivity index (χ1v) is 10.8. The Bertz CT molecular complexity index is 1120. The van der Waals surface area contributed by atoms with Crippen molar-refractivity contribution in [3.8, 4) is 0 Å². The molecule has 4 aromatic rings. The van der Waals surface area contributed by atoms with Crippen LogP contribution in [0, 0.1) is 0 Å². The van der Waals surface area contributed by atoms with E-state index in [0.29, 0.717) is 18.8 Å². The number of rotatable bonds is 10. The van der Waals surface area contributed by atoms with E-state index in [4.69, 9.17) is 9.15 Å². The standard InChI is InChI=1S/C26H25N3O4/c30-25(19-32-26(31)24-13-12-22(33-24)18-29-17-7-15-28-29)27-16-14-23(20-8-3-1-4-9-20)21-10-5-2-6-11-21/h1-13,15,17,23H,14,16,18-19H2,(H,27,30). The van der Waals surface area contributed by atoms with Crippen LogP contribution in [0.5, 0.6) is 0 Å². The fourth-order valence-electron chi connectivity index (χ4n) is 3.63. The van der Waals surface area contributed by atoms with Crippen molar-refractivity contribution in [2.24, 2.45) is 0 Å². The quantitative estimate of drug-likeness (QED) is 0.374. The van der Waals surface area contributed by atoms with Gasteiger partial charge >= 0.3 is 5.97 Å². The maximum atomic E-state index is 12.2. The van der Waals surface area contributed by atoms with Gasteiger partial charge in [0.25, 0.3) is 5.91 Å². The van der Waals surface area contributed by atoms with Crippen molar-refractivity contribution in [1.82, 2.24) is 15.1 Å². The molecule has 0 aliphatic heterocycles. The smallest absolute Gasteiger partial charge is 0.374 e. The lowest BCUT2D eigenvalue weighted by Crippen LogP contribution is -2.30. The fraction of sp³-hybridized carbons (Fsp3) is 0.192. The van der Waals surface area contributed by atoms with Crippen molar-refractivity contribution in [3.05, 3.63) is 114 Å². The predicted molar refractivity (Wildman–Crippen MR) is 123 cm³/mol. The van der Waals surface area contributed by atoms with Crippen molar-refractivity contribution < 1.29 is 18.7 Å². The molecule has 2 aromatic carbocycles. The van der Waals surface area contributed by atoms with E-state index in [-0.39, 0.29) is 24.2 Å². The molecule has 0 radical (unpaired) electrons. The van der Waals surface area contributed by atoms with E-state index in [1.165, 1.54) is 17.2 Å². The highest BCUT2D eigenvalue weighted by Gasteiger charge is 2.17. The number of carbonyl (C=O) groups is 2. The van der Waals surface area contributed by atoms with Gasteiger partial charge in [0.05, 0.1) is 6.54 Å². The van der Waals surface area contributed by atoms with Crippen molar-refractivity contribution in [1.29, 1.82) is 0 Å². The van der Waals surface area contributed by atoms with Gasteiger partial charge in [-0.1, -0.05) is 60.7 Å². The average molecular weight is 444 g/mol. The second-order valence-electron chi connectivity index (χ2n) is 7.56. The Labute approximate surface area is 192 Å². The van der Waals surface area contributed by atoms with Gasteiger partial charge < -0.3 is 14.5 Å². The molecule has 33 heavy (non-hydrogen) atoms. The molecule has 7 nitrogen and oxygen atoms in total. The fourth-order valence-corrected chi connectivity index (χ4v) is 3.63. The Balaban J connectivity index is 1.25. The SMILES string of the molecule is O=C(COC(=O)c1ccc(Cn2cccn2)o1)NCCC(c1ccccc1)c1ccccc1. The Morgan fingerprint density at radius 2 is 1.64 bits per heavy atom. The lowest BCUT2D eigenvalue weighted by Gasteiger charge is -2.18. The van der Waals surface area contributed by atoms with Crippen LogP contribution in [-0.4, -0.2) is 34.8 Å². The van der Waals surface area contributed by atoms with Gasteiger partial charge in [-0.05, 0) is 35.7 Å². The number of benzene rings is 2. The number of furan rings is 1. The highest BCUT2D eigenvalue weighted by atomic mass is 16.5. The molecule has 0 saturated carbocycles. The van der Waals surface area contributed by atoms with E-state index in [2.05, 4.69) is 34.7 Å². The monoisotopic (exact) mass is 443 g/mol. The van der Waals surface area contributed by atoms with E-state index >= 15 is 0 Å². The normalized spacial score (nSPS) is 10.8. The molecule has 0 bridgehead atoms. The van der Waals surface area contributed by atoms with Gasteiger partial charge in [-0.2, -0.15) is 5.10 Å². The molecule has 0 spiro atoms. The third-order valence-electron chi connectivity index (χ3n) is 5.23. The Hall–Kier alpha value is -4.13. The first kappa shape index (κ1) is 22.1. The zero-order valence-electron chi connectivity index (χ0n) is 18.1. The summed E-state index contributed by atoms with van der Waals surface area (Å²) in [6.07, 6.45) is 4.19. The predicted octanol–water partition coefficient (Wildman–Crippen LogP) is 4.02. The summed E-state index contributed by atoms with van der Waals surface area (Å²) in [5.74, 6) is -0.248. The second kappa shape index (κ2) is 10.9. The maximum Gasteiger partial charge on any atom is 0.374 e. The minimum absolute atomic E-state index is 0.0539. The van der Waals surface area contributed by atoms with E-state index in [1.54, 1.807) is 29.2 Å². The number of amides is 1. The number of nitrogens with one attached hydrogen (secondary N) is 1. The number of aromatic nitrogens is 2. The van der Waals surface area contributed by atoms with Gasteiger partial charge in [0.2, 0.25) is 5.76 Å². The van der Waals surface area contributed by atoms with Gasteiger partial charge in [0, 0.05) is 24.9 Å². The molecule has 0 fully saturated rings. The molecule has 1 N–H and O–H groups in total. The van der Waals surface area contributed by atoms with Gasteiger partial charge in [-0.3, -0.25) is 9.48 Å². The number of carbonyl (C=O) groups excluding carboxylic acids is 2. The number of nitrogens with zero attached hydrogens (tertiary/aromatic N) is 2. The van der Waals surface area contributed by atoms with Crippen LogP contribution in [0.4, 0.5) is 0 Å². The molecular weight excluding hydrogens is 418 g/mol. The molecule has 0 aliphatic carbocycles. The van der Waals surface area contributed by atoms with Crippen molar-refractivity contribution in [3.63, 3.8) is 0 Å². The van der Waals surface area contributed by atoms with E-state index in [1.807, 2.05) is 36.4 Å². The summed E-state index contributed by atoms with van der Waals surface area (Å²) in [7, 11) is 0. The Morgan fingerprint density at radius 1 is 0.939 bits per heavy atom. The summed E-state index contributed by atoms with van der Waals surface area (Å²) in [5, 5.41) is 6.93. The molecule has 2 heterocycles. The second-order valence-corrected chi connectivity index (χ2v) is 7.56. The van der Waals surface area contributed by atoms with Crippen LogP contribution in [-0.2, 0) is 16.1 Å². The summed E-state index contributed by atoms with van der Waals surface area (Å²) >= 11 is 0. The third kappa shape index (κ3) is 6.20. The lowest BCUT2D eigenvalue weighted by molar-refractivity contribution is -0.124.